The average Bonchev–Trinajstić information content (AvgIpc) is 2.52. The number of anilines is 1. The molecule has 1 aliphatic rings. The molecule has 0 spiro atoms. The van der Waals surface area contributed by atoms with Gasteiger partial charge in [0.25, 0.3) is 0 Å². The largest absolute Gasteiger partial charge is 0.417 e. The molecule has 1 fully saturated rings. The van der Waals surface area contributed by atoms with Crippen molar-refractivity contribution in [1.29, 1.82) is 0 Å². The van der Waals surface area contributed by atoms with Gasteiger partial charge in [0.2, 0.25) is 10.0 Å². The maximum absolute atomic E-state index is 12.5. The number of alkyl halides is 3. The number of pyridine rings is 1. The Morgan fingerprint density at radius 3 is 2.30 bits per heavy atom. The quantitative estimate of drug-likeness (QED) is 0.817. The monoisotopic (exact) mass is 351 g/mol. The van der Waals surface area contributed by atoms with Crippen LogP contribution in [0, 0.1) is 0 Å². The van der Waals surface area contributed by atoms with Gasteiger partial charge in [0.1, 0.15) is 5.82 Å². The summed E-state index contributed by atoms with van der Waals surface area (Å²) in [4.78, 5) is 5.64. The molecule has 0 unspecified atom stereocenters. The van der Waals surface area contributed by atoms with E-state index in [0.29, 0.717) is 38.4 Å². The fourth-order valence-corrected chi connectivity index (χ4v) is 4.02. The Labute approximate surface area is 134 Å². The van der Waals surface area contributed by atoms with E-state index in [1.54, 1.807) is 4.90 Å². The van der Waals surface area contributed by atoms with Gasteiger partial charge in [-0.05, 0) is 18.6 Å². The molecule has 5 nitrogen and oxygen atoms in total. The minimum Gasteiger partial charge on any atom is -0.354 e. The molecule has 9 heteroatoms. The predicted octanol–water partition coefficient (Wildman–Crippen LogP) is 2.35. The topological polar surface area (TPSA) is 53.5 Å². The van der Waals surface area contributed by atoms with E-state index in [9.17, 15) is 21.6 Å². The summed E-state index contributed by atoms with van der Waals surface area (Å²) < 4.78 is 63.2. The smallest absolute Gasteiger partial charge is 0.354 e. The number of piperazine rings is 1. The van der Waals surface area contributed by atoms with E-state index < -0.39 is 21.8 Å². The van der Waals surface area contributed by atoms with Crippen molar-refractivity contribution in [3.05, 3.63) is 23.9 Å². The Hall–Kier alpha value is -1.35. The fraction of sp³-hybridized carbons (Fsp3) is 0.643. The van der Waals surface area contributed by atoms with Crippen LogP contribution in [0.2, 0.25) is 0 Å². The molecule has 1 saturated heterocycles. The molecule has 0 aromatic carbocycles. The Kier molecular flexibility index (Phi) is 5.51. The molecule has 0 aliphatic carbocycles. The van der Waals surface area contributed by atoms with Gasteiger partial charge in [0.15, 0.2) is 0 Å². The molecule has 0 N–H and O–H groups in total. The molecule has 2 rings (SSSR count). The van der Waals surface area contributed by atoms with Crippen LogP contribution in [0.4, 0.5) is 19.0 Å². The van der Waals surface area contributed by atoms with Crippen LogP contribution >= 0.6 is 0 Å². The first kappa shape index (κ1) is 18.0. The summed E-state index contributed by atoms with van der Waals surface area (Å²) in [5.41, 5.74) is -0.790. The van der Waals surface area contributed by atoms with E-state index in [-0.39, 0.29) is 5.75 Å². The van der Waals surface area contributed by atoms with E-state index in [4.69, 9.17) is 0 Å². The molecule has 0 saturated carbocycles. The highest BCUT2D eigenvalue weighted by Crippen LogP contribution is 2.29. The number of sulfonamides is 1. The van der Waals surface area contributed by atoms with Crippen molar-refractivity contribution in [2.45, 2.75) is 25.9 Å². The third-order valence-corrected chi connectivity index (χ3v) is 5.74. The molecule has 1 aliphatic heterocycles. The molecule has 0 atom stereocenters. The van der Waals surface area contributed by atoms with Crippen LogP contribution in [0.5, 0.6) is 0 Å². The standard InChI is InChI=1S/C14H20F3N3O2S/c1-2-3-10-23(21,22)20-8-6-19(7-9-20)13-5-4-12(11-18-13)14(15,16)17/h4-5,11H,2-3,6-10H2,1H3. The van der Waals surface area contributed by atoms with Gasteiger partial charge in [-0.2, -0.15) is 17.5 Å². The van der Waals surface area contributed by atoms with Gasteiger partial charge < -0.3 is 4.90 Å². The number of hydrogen-bond acceptors (Lipinski definition) is 4. The van der Waals surface area contributed by atoms with Crippen molar-refractivity contribution in [3.63, 3.8) is 0 Å². The van der Waals surface area contributed by atoms with Crippen molar-refractivity contribution in [2.24, 2.45) is 0 Å². The lowest BCUT2D eigenvalue weighted by atomic mass is 10.2. The molecule has 0 bridgehead atoms. The molecule has 1 aromatic rings. The molecule has 0 radical (unpaired) electrons. The molecule has 130 valence electrons. The lowest BCUT2D eigenvalue weighted by molar-refractivity contribution is -0.137. The normalized spacial score (nSPS) is 17.5. The van der Waals surface area contributed by atoms with Crippen LogP contribution in [-0.4, -0.2) is 49.6 Å². The van der Waals surface area contributed by atoms with Crippen LogP contribution in [-0.2, 0) is 16.2 Å². The fourth-order valence-electron chi connectivity index (χ4n) is 2.39. The summed E-state index contributed by atoms with van der Waals surface area (Å²) in [6.45, 7) is 3.43. The Morgan fingerprint density at radius 1 is 1.17 bits per heavy atom. The van der Waals surface area contributed by atoms with Gasteiger partial charge >= 0.3 is 6.18 Å². The molecule has 0 amide bonds. The Balaban J connectivity index is 1.97. The van der Waals surface area contributed by atoms with Crippen molar-refractivity contribution >= 4 is 15.8 Å². The number of rotatable bonds is 5. The Bertz CT molecular complexity index is 609. The molecule has 23 heavy (non-hydrogen) atoms. The zero-order chi connectivity index (χ0) is 17.1. The minimum absolute atomic E-state index is 0.141. The summed E-state index contributed by atoms with van der Waals surface area (Å²) in [6.07, 6.45) is -2.16. The van der Waals surface area contributed by atoms with E-state index in [1.807, 2.05) is 6.92 Å². The minimum atomic E-state index is -4.41. The van der Waals surface area contributed by atoms with Crippen LogP contribution in [0.3, 0.4) is 0 Å². The van der Waals surface area contributed by atoms with E-state index in [2.05, 4.69) is 4.98 Å². The summed E-state index contributed by atoms with van der Waals surface area (Å²) in [5, 5.41) is 0. The van der Waals surface area contributed by atoms with Gasteiger partial charge in [0, 0.05) is 32.4 Å². The highest BCUT2D eigenvalue weighted by atomic mass is 32.2. The summed E-state index contributed by atoms with van der Waals surface area (Å²) in [6, 6.07) is 2.32. The third-order valence-electron chi connectivity index (χ3n) is 3.79. The number of hydrogen-bond donors (Lipinski definition) is 0. The van der Waals surface area contributed by atoms with Crippen molar-refractivity contribution in [3.8, 4) is 0 Å². The number of unbranched alkanes of at least 4 members (excludes halogenated alkanes) is 1. The van der Waals surface area contributed by atoms with Gasteiger partial charge in [-0.3, -0.25) is 0 Å². The van der Waals surface area contributed by atoms with Crippen LogP contribution in [0.15, 0.2) is 18.3 Å². The van der Waals surface area contributed by atoms with E-state index >= 15 is 0 Å². The lowest BCUT2D eigenvalue weighted by Crippen LogP contribution is -2.49. The average molecular weight is 351 g/mol. The van der Waals surface area contributed by atoms with Crippen LogP contribution < -0.4 is 4.90 Å². The summed E-state index contributed by atoms with van der Waals surface area (Å²) in [5.74, 6) is 0.575. The third kappa shape index (κ3) is 4.57. The number of nitrogens with zero attached hydrogens (tertiary/aromatic N) is 3. The summed E-state index contributed by atoms with van der Waals surface area (Å²) in [7, 11) is -3.24. The van der Waals surface area contributed by atoms with Crippen LogP contribution in [0.25, 0.3) is 0 Å². The first-order chi connectivity index (χ1) is 10.7. The van der Waals surface area contributed by atoms with E-state index in [1.165, 1.54) is 10.4 Å². The molecular formula is C14H20F3N3O2S. The number of halogens is 3. The van der Waals surface area contributed by atoms with Crippen molar-refractivity contribution < 1.29 is 21.6 Å². The maximum Gasteiger partial charge on any atom is 0.417 e. The highest BCUT2D eigenvalue weighted by molar-refractivity contribution is 7.89. The van der Waals surface area contributed by atoms with Crippen molar-refractivity contribution in [1.82, 2.24) is 9.29 Å². The second kappa shape index (κ2) is 7.04. The molecule has 1 aromatic heterocycles. The maximum atomic E-state index is 12.5. The zero-order valence-electron chi connectivity index (χ0n) is 12.9. The first-order valence-electron chi connectivity index (χ1n) is 7.50. The van der Waals surface area contributed by atoms with Crippen molar-refractivity contribution in [2.75, 3.05) is 36.8 Å². The first-order valence-corrected chi connectivity index (χ1v) is 9.11. The summed E-state index contributed by atoms with van der Waals surface area (Å²) >= 11 is 0. The highest BCUT2D eigenvalue weighted by Gasteiger charge is 2.31. The SMILES string of the molecule is CCCCS(=O)(=O)N1CCN(c2ccc(C(F)(F)F)cn2)CC1. The Morgan fingerprint density at radius 2 is 1.83 bits per heavy atom. The second-order valence-electron chi connectivity index (χ2n) is 5.46. The van der Waals surface area contributed by atoms with Gasteiger partial charge in [0.05, 0.1) is 11.3 Å². The van der Waals surface area contributed by atoms with E-state index in [0.717, 1.165) is 18.7 Å². The molecular weight excluding hydrogens is 331 g/mol. The van der Waals surface area contributed by atoms with Gasteiger partial charge in [-0.15, -0.1) is 0 Å². The lowest BCUT2D eigenvalue weighted by Gasteiger charge is -2.34. The second-order valence-corrected chi connectivity index (χ2v) is 7.55. The van der Waals surface area contributed by atoms with Gasteiger partial charge in [-0.25, -0.2) is 13.4 Å². The predicted molar refractivity (Wildman–Crippen MR) is 81.7 cm³/mol. The van der Waals surface area contributed by atoms with Gasteiger partial charge in [-0.1, -0.05) is 13.3 Å². The zero-order valence-corrected chi connectivity index (χ0v) is 13.7. The number of aromatic nitrogens is 1. The molecule has 2 heterocycles. The van der Waals surface area contributed by atoms with Crippen LogP contribution in [0.1, 0.15) is 25.3 Å².